The van der Waals surface area contributed by atoms with Gasteiger partial charge in [0, 0.05) is 0 Å². The van der Waals surface area contributed by atoms with Crippen molar-refractivity contribution >= 4 is 27.5 Å². The van der Waals surface area contributed by atoms with Gasteiger partial charge in [-0.05, 0) is 13.8 Å². The number of hydrogen-bond donors (Lipinski definition) is 0. The van der Waals surface area contributed by atoms with Crippen LogP contribution in [0.25, 0.3) is 0 Å². The first-order valence-electron chi connectivity index (χ1n) is 4.51. The van der Waals surface area contributed by atoms with Crippen LogP contribution < -0.4 is 0 Å². The maximum atomic E-state index is 5.70. The van der Waals surface area contributed by atoms with Crippen molar-refractivity contribution in [2.45, 2.75) is 25.4 Å². The Balaban J connectivity index is 4.56. The third-order valence-electron chi connectivity index (χ3n) is 1.14. The van der Waals surface area contributed by atoms with E-state index in [0.717, 1.165) is 0 Å². The van der Waals surface area contributed by atoms with Crippen molar-refractivity contribution in [2.24, 2.45) is 0 Å². The Kier molecular flexibility index (Phi) is 7.13. The molecule has 0 saturated carbocycles. The molecular formula is C8H18AlO3P. The minimum Gasteiger partial charge on any atom is -0.438 e. The van der Waals surface area contributed by atoms with Gasteiger partial charge in [0.1, 0.15) is 0 Å². The van der Waals surface area contributed by atoms with Gasteiger partial charge < -0.3 is 12.6 Å². The monoisotopic (exact) mass is 220 g/mol. The fraction of sp³-hybridized carbons (Fsp3) is 0.750. The molecule has 0 unspecified atom stereocenters. The Labute approximate surface area is 85.6 Å². The average Bonchev–Trinajstić information content (AvgIpc) is 2.04. The van der Waals surface area contributed by atoms with E-state index in [1.54, 1.807) is 0 Å². The molecule has 0 heterocycles. The quantitative estimate of drug-likeness (QED) is 0.508. The Morgan fingerprint density at radius 1 is 1.23 bits per heavy atom. The zero-order valence-corrected chi connectivity index (χ0v) is 10.9. The summed E-state index contributed by atoms with van der Waals surface area (Å²) in [5, 5.41) is 0. The fourth-order valence-electron chi connectivity index (χ4n) is 0.844. The van der Waals surface area contributed by atoms with Crippen LogP contribution in [-0.4, -0.2) is 33.1 Å². The summed E-state index contributed by atoms with van der Waals surface area (Å²) in [6, 6.07) is 0. The van der Waals surface area contributed by atoms with Crippen molar-refractivity contribution in [1.29, 1.82) is 0 Å². The van der Waals surface area contributed by atoms with Gasteiger partial charge in [0.2, 0.25) is 0 Å². The molecule has 5 heteroatoms. The summed E-state index contributed by atoms with van der Waals surface area (Å²) in [6.45, 7) is 8.55. The van der Waals surface area contributed by atoms with Gasteiger partial charge in [-0.1, -0.05) is 23.6 Å². The molecule has 3 nitrogen and oxygen atoms in total. The van der Waals surface area contributed by atoms with Crippen molar-refractivity contribution in [3.05, 3.63) is 6.58 Å². The number of hydrogen-bond acceptors (Lipinski definition) is 3. The molecule has 0 aliphatic carbocycles. The van der Waals surface area contributed by atoms with Gasteiger partial charge in [-0.15, -0.1) is 0 Å². The normalized spacial score (nSPS) is 11.1. The largest absolute Gasteiger partial charge is 0.464 e. The van der Waals surface area contributed by atoms with Crippen LogP contribution in [-0.2, 0) is 12.6 Å². The highest BCUT2D eigenvalue weighted by atomic mass is 31.2. The van der Waals surface area contributed by atoms with E-state index in [9.17, 15) is 0 Å². The molecular weight excluding hydrogens is 202 g/mol. The molecule has 13 heavy (non-hydrogen) atoms. The van der Waals surface area contributed by atoms with E-state index in [-0.39, 0.29) is 0 Å². The van der Waals surface area contributed by atoms with Crippen LogP contribution in [0.5, 0.6) is 0 Å². The smallest absolute Gasteiger partial charge is 0.438 e. The van der Waals surface area contributed by atoms with Crippen molar-refractivity contribution in [1.82, 2.24) is 0 Å². The number of rotatable bonds is 6. The third-order valence-corrected chi connectivity index (χ3v) is 5.52. The Morgan fingerprint density at radius 2 is 1.69 bits per heavy atom. The molecule has 0 bridgehead atoms. The summed E-state index contributed by atoms with van der Waals surface area (Å²) in [7, 11) is -2.33. The third kappa shape index (κ3) is 5.06. The van der Waals surface area contributed by atoms with Crippen LogP contribution in [0.3, 0.4) is 0 Å². The van der Waals surface area contributed by atoms with Gasteiger partial charge in [-0.2, -0.15) is 0 Å². The molecule has 0 fully saturated rings. The average molecular weight is 220 g/mol. The maximum absolute atomic E-state index is 5.70. The van der Waals surface area contributed by atoms with Crippen molar-refractivity contribution < 1.29 is 12.6 Å². The Bertz CT molecular complexity index is 201. The van der Waals surface area contributed by atoms with Crippen molar-refractivity contribution in [2.75, 3.05) is 13.2 Å². The second-order valence-electron chi connectivity index (χ2n) is 2.65. The van der Waals surface area contributed by atoms with E-state index >= 15 is 0 Å². The predicted molar refractivity (Wildman–Crippen MR) is 59.4 cm³/mol. The lowest BCUT2D eigenvalue weighted by molar-refractivity contribution is 0.217. The van der Waals surface area contributed by atoms with E-state index in [4.69, 9.17) is 12.6 Å². The Hall–Kier alpha value is 0.492. The second kappa shape index (κ2) is 6.87. The lowest BCUT2D eigenvalue weighted by atomic mass is 10.9. The summed E-state index contributed by atoms with van der Waals surface area (Å²) in [5.41, 5.74) is 2.78. The summed E-state index contributed by atoms with van der Waals surface area (Å²) < 4.78 is 16.6. The fourth-order valence-corrected chi connectivity index (χ4v) is 4.79. The van der Waals surface area contributed by atoms with Crippen molar-refractivity contribution in [3.8, 4) is 0 Å². The highest BCUT2D eigenvalue weighted by Crippen LogP contribution is 2.49. The topological polar surface area (TPSA) is 27.7 Å². The molecule has 0 saturated heterocycles. The lowest BCUT2D eigenvalue weighted by Crippen LogP contribution is -2.10. The molecule has 0 N–H and O–H groups in total. The molecule has 0 rings (SSSR count). The molecule has 0 aliphatic rings. The Morgan fingerprint density at radius 3 is 1.92 bits per heavy atom. The van der Waals surface area contributed by atoms with Crippen LogP contribution in [0.15, 0.2) is 6.58 Å². The molecule has 0 amide bonds. The van der Waals surface area contributed by atoms with E-state index < -0.39 is 22.0 Å². The molecule has 0 aromatic rings. The van der Waals surface area contributed by atoms with Gasteiger partial charge >= 0.3 is 14.5 Å². The van der Waals surface area contributed by atoms with Crippen LogP contribution in [0.4, 0.5) is 0 Å². The maximum Gasteiger partial charge on any atom is 0.464 e. The molecule has 0 aliphatic heterocycles. The summed E-state index contributed by atoms with van der Waals surface area (Å²) in [4.78, 5) is 0. The van der Waals surface area contributed by atoms with E-state index in [0.29, 0.717) is 13.2 Å². The van der Waals surface area contributed by atoms with Gasteiger partial charge in [0.05, 0.1) is 13.2 Å². The zero-order chi connectivity index (χ0) is 10.3. The van der Waals surface area contributed by atoms with Crippen LogP contribution in [0.2, 0.25) is 11.6 Å². The minimum absolute atomic E-state index is 0.567. The molecule has 0 spiro atoms. The first-order valence-corrected chi connectivity index (χ1v) is 8.83. The molecule has 0 radical (unpaired) electrons. The molecule has 0 aromatic carbocycles. The van der Waals surface area contributed by atoms with Crippen molar-refractivity contribution in [3.63, 3.8) is 0 Å². The summed E-state index contributed by atoms with van der Waals surface area (Å²) in [5.74, 6) is 4.15. The highest BCUT2D eigenvalue weighted by molar-refractivity contribution is 7.61. The first kappa shape index (κ1) is 13.5. The summed E-state index contributed by atoms with van der Waals surface area (Å²) >= 11 is -1.18. The van der Waals surface area contributed by atoms with Crippen LogP contribution in [0, 0.1) is 0 Å². The van der Waals surface area contributed by atoms with Gasteiger partial charge in [-0.3, -0.25) is 0 Å². The summed E-state index contributed by atoms with van der Waals surface area (Å²) in [6.07, 6.45) is 0. The zero-order valence-electron chi connectivity index (χ0n) is 8.87. The van der Waals surface area contributed by atoms with Gasteiger partial charge in [-0.25, -0.2) is 0 Å². The highest BCUT2D eigenvalue weighted by Gasteiger charge is 2.22. The standard InChI is InChI=1S/C6H12O3P.2CH3.Al/c1-4-8-10(7,6-3)9-5-2;;;/h3-5H2,1-2H3;2*1H3;/q-1;;;+1. The van der Waals surface area contributed by atoms with Crippen LogP contribution in [0.1, 0.15) is 13.8 Å². The van der Waals surface area contributed by atoms with E-state index in [1.807, 2.05) is 13.8 Å². The van der Waals surface area contributed by atoms with Gasteiger partial charge in [0.25, 0.3) is 7.57 Å². The minimum atomic E-state index is -2.33. The first-order chi connectivity index (χ1) is 6.10. The molecule has 0 atom stereocenters. The van der Waals surface area contributed by atoms with Gasteiger partial charge in [0.15, 0.2) is 0 Å². The molecule has 0 aromatic heterocycles. The molecule has 76 valence electrons. The van der Waals surface area contributed by atoms with E-state index in [1.165, 1.54) is 0 Å². The van der Waals surface area contributed by atoms with Crippen LogP contribution >= 0.6 is 7.57 Å². The lowest BCUT2D eigenvalue weighted by Gasteiger charge is -2.24. The SMILES string of the molecule is C=C=P(OCC)(OCC)[O][Al]([CH3])[CH3]. The second-order valence-corrected chi connectivity index (χ2v) is 7.41. The predicted octanol–water partition coefficient (Wildman–Crippen LogP) is 2.68. The van der Waals surface area contributed by atoms with E-state index in [2.05, 4.69) is 23.6 Å².